The van der Waals surface area contributed by atoms with Gasteiger partial charge in [0.1, 0.15) is 11.4 Å². The third-order valence-electron chi connectivity index (χ3n) is 2.63. The number of carbonyl (C=O) groups is 1. The molecule has 0 saturated carbocycles. The molecule has 17 heavy (non-hydrogen) atoms. The van der Waals surface area contributed by atoms with Crippen molar-refractivity contribution in [3.05, 3.63) is 53.3 Å². The molecule has 0 radical (unpaired) electrons. The fourth-order valence-electron chi connectivity index (χ4n) is 1.86. The quantitative estimate of drug-likeness (QED) is 0.851. The fourth-order valence-corrected chi connectivity index (χ4v) is 1.86. The molecule has 2 aromatic rings. The van der Waals surface area contributed by atoms with Crippen LogP contribution in [0.15, 0.2) is 36.5 Å². The van der Waals surface area contributed by atoms with E-state index in [0.717, 1.165) is 11.1 Å². The van der Waals surface area contributed by atoms with E-state index in [9.17, 15) is 9.90 Å². The zero-order chi connectivity index (χ0) is 12.4. The lowest BCUT2D eigenvalue weighted by molar-refractivity contribution is 0.0685. The normalized spacial score (nSPS) is 10.4. The second kappa shape index (κ2) is 4.33. The van der Waals surface area contributed by atoms with Crippen molar-refractivity contribution in [3.8, 4) is 5.75 Å². The van der Waals surface area contributed by atoms with Gasteiger partial charge in [0.15, 0.2) is 0 Å². The van der Waals surface area contributed by atoms with Crippen LogP contribution in [0.4, 0.5) is 0 Å². The first-order chi connectivity index (χ1) is 8.08. The number of phenols is 1. The number of carboxylic acids is 1. The highest BCUT2D eigenvalue weighted by atomic mass is 16.4. The second-order valence-electron chi connectivity index (χ2n) is 3.95. The van der Waals surface area contributed by atoms with Gasteiger partial charge in [-0.1, -0.05) is 12.1 Å². The van der Waals surface area contributed by atoms with E-state index in [1.807, 2.05) is 6.07 Å². The van der Waals surface area contributed by atoms with Gasteiger partial charge in [0.05, 0.1) is 0 Å². The Morgan fingerprint density at radius 2 is 2.12 bits per heavy atom. The Balaban J connectivity index is 2.33. The van der Waals surface area contributed by atoms with Crippen LogP contribution in [0.3, 0.4) is 0 Å². The Hall–Kier alpha value is -2.23. The number of carboxylic acid groups (broad SMARTS) is 1. The molecule has 0 unspecified atom stereocenters. The molecule has 1 aromatic heterocycles. The van der Waals surface area contributed by atoms with E-state index in [0.29, 0.717) is 6.54 Å². The maximum absolute atomic E-state index is 11.1. The van der Waals surface area contributed by atoms with Crippen molar-refractivity contribution in [2.45, 2.75) is 13.5 Å². The molecule has 0 fully saturated rings. The van der Waals surface area contributed by atoms with E-state index in [2.05, 4.69) is 0 Å². The highest BCUT2D eigenvalue weighted by molar-refractivity contribution is 5.87. The van der Waals surface area contributed by atoms with Gasteiger partial charge < -0.3 is 14.8 Å². The van der Waals surface area contributed by atoms with E-state index in [1.54, 1.807) is 42.0 Å². The molecule has 0 saturated heterocycles. The average molecular weight is 231 g/mol. The van der Waals surface area contributed by atoms with Crippen LogP contribution in [0.1, 0.15) is 21.6 Å². The van der Waals surface area contributed by atoms with Crippen LogP contribution in [-0.2, 0) is 6.54 Å². The number of aromatic hydroxyl groups is 1. The van der Waals surface area contributed by atoms with Gasteiger partial charge in [0.25, 0.3) is 0 Å². The summed E-state index contributed by atoms with van der Waals surface area (Å²) in [7, 11) is 0. The molecule has 0 amide bonds. The van der Waals surface area contributed by atoms with E-state index in [-0.39, 0.29) is 11.4 Å². The Morgan fingerprint density at radius 3 is 2.76 bits per heavy atom. The van der Waals surface area contributed by atoms with Crippen molar-refractivity contribution >= 4 is 5.97 Å². The van der Waals surface area contributed by atoms with Gasteiger partial charge in [-0.15, -0.1) is 0 Å². The van der Waals surface area contributed by atoms with Gasteiger partial charge in [-0.2, -0.15) is 0 Å². The van der Waals surface area contributed by atoms with Crippen molar-refractivity contribution in [1.29, 1.82) is 0 Å². The summed E-state index contributed by atoms with van der Waals surface area (Å²) >= 11 is 0. The molecule has 2 N–H and O–H groups in total. The van der Waals surface area contributed by atoms with Crippen LogP contribution >= 0.6 is 0 Å². The molecular weight excluding hydrogens is 218 g/mol. The molecule has 4 nitrogen and oxygen atoms in total. The van der Waals surface area contributed by atoms with Crippen LogP contribution in [0.5, 0.6) is 5.75 Å². The largest absolute Gasteiger partial charge is 0.508 e. The Kier molecular flexibility index (Phi) is 2.87. The Labute approximate surface area is 98.8 Å². The maximum Gasteiger partial charge on any atom is 0.352 e. The summed E-state index contributed by atoms with van der Waals surface area (Å²) in [6.45, 7) is 2.20. The first-order valence-corrected chi connectivity index (χ1v) is 5.25. The maximum atomic E-state index is 11.1. The van der Waals surface area contributed by atoms with Crippen LogP contribution in [-0.4, -0.2) is 20.7 Å². The van der Waals surface area contributed by atoms with Gasteiger partial charge in [0.2, 0.25) is 0 Å². The number of rotatable bonds is 3. The highest BCUT2D eigenvalue weighted by Gasteiger charge is 2.13. The van der Waals surface area contributed by atoms with E-state index < -0.39 is 5.97 Å². The molecule has 2 rings (SSSR count). The minimum Gasteiger partial charge on any atom is -0.508 e. The minimum absolute atomic E-state index is 0.184. The molecule has 0 aliphatic carbocycles. The van der Waals surface area contributed by atoms with Crippen molar-refractivity contribution in [1.82, 2.24) is 4.57 Å². The second-order valence-corrected chi connectivity index (χ2v) is 3.95. The standard InChI is InChI=1S/C13H13NO3/c1-9-5-6-14(12(9)13(16)17)8-10-3-2-4-11(15)7-10/h2-7,15H,8H2,1H3,(H,16,17). The number of hydrogen-bond acceptors (Lipinski definition) is 2. The fraction of sp³-hybridized carbons (Fsp3) is 0.154. The minimum atomic E-state index is -0.937. The van der Waals surface area contributed by atoms with Crippen LogP contribution < -0.4 is 0 Å². The molecule has 0 aliphatic heterocycles. The van der Waals surface area contributed by atoms with Gasteiger partial charge in [0, 0.05) is 12.7 Å². The number of phenolic OH excluding ortho intramolecular Hbond substituents is 1. The summed E-state index contributed by atoms with van der Waals surface area (Å²) in [6.07, 6.45) is 1.74. The predicted molar refractivity (Wildman–Crippen MR) is 63.3 cm³/mol. The topological polar surface area (TPSA) is 62.5 Å². The van der Waals surface area contributed by atoms with Crippen LogP contribution in [0, 0.1) is 6.92 Å². The highest BCUT2D eigenvalue weighted by Crippen LogP contribution is 2.16. The molecular formula is C13H13NO3. The molecule has 1 heterocycles. The van der Waals surface area contributed by atoms with E-state index in [4.69, 9.17) is 5.11 Å². The van der Waals surface area contributed by atoms with E-state index >= 15 is 0 Å². The van der Waals surface area contributed by atoms with Gasteiger partial charge in [-0.05, 0) is 36.2 Å². The summed E-state index contributed by atoms with van der Waals surface area (Å²) < 4.78 is 1.66. The zero-order valence-corrected chi connectivity index (χ0v) is 9.42. The third kappa shape index (κ3) is 2.30. The number of hydrogen-bond donors (Lipinski definition) is 2. The number of aromatic carboxylic acids is 1. The monoisotopic (exact) mass is 231 g/mol. The Morgan fingerprint density at radius 1 is 1.35 bits per heavy atom. The zero-order valence-electron chi connectivity index (χ0n) is 9.42. The molecule has 0 aliphatic rings. The first kappa shape index (κ1) is 11.3. The average Bonchev–Trinajstić information content (AvgIpc) is 2.59. The van der Waals surface area contributed by atoms with Crippen LogP contribution in [0.2, 0.25) is 0 Å². The first-order valence-electron chi connectivity index (χ1n) is 5.25. The van der Waals surface area contributed by atoms with Crippen molar-refractivity contribution < 1.29 is 15.0 Å². The summed E-state index contributed by atoms with van der Waals surface area (Å²) in [5.41, 5.74) is 1.88. The van der Waals surface area contributed by atoms with Gasteiger partial charge >= 0.3 is 5.97 Å². The number of nitrogens with zero attached hydrogens (tertiary/aromatic N) is 1. The third-order valence-corrected chi connectivity index (χ3v) is 2.63. The Bertz CT molecular complexity index is 558. The molecule has 0 atom stereocenters. The summed E-state index contributed by atoms with van der Waals surface area (Å²) in [5.74, 6) is -0.754. The summed E-state index contributed by atoms with van der Waals surface area (Å²) in [4.78, 5) is 11.1. The lowest BCUT2D eigenvalue weighted by Gasteiger charge is -2.07. The van der Waals surface area contributed by atoms with Gasteiger partial charge in [-0.25, -0.2) is 4.79 Å². The van der Waals surface area contributed by atoms with Gasteiger partial charge in [-0.3, -0.25) is 0 Å². The van der Waals surface area contributed by atoms with Crippen molar-refractivity contribution in [3.63, 3.8) is 0 Å². The smallest absolute Gasteiger partial charge is 0.352 e. The van der Waals surface area contributed by atoms with Crippen molar-refractivity contribution in [2.75, 3.05) is 0 Å². The number of aromatic nitrogens is 1. The summed E-state index contributed by atoms with van der Waals surface area (Å²) in [6, 6.07) is 8.57. The number of benzene rings is 1. The molecule has 88 valence electrons. The lowest BCUT2D eigenvalue weighted by atomic mass is 10.2. The van der Waals surface area contributed by atoms with E-state index in [1.165, 1.54) is 0 Å². The molecule has 0 bridgehead atoms. The lowest BCUT2D eigenvalue weighted by Crippen LogP contribution is -2.09. The molecule has 0 spiro atoms. The number of aryl methyl sites for hydroxylation is 1. The molecule has 4 heteroatoms. The SMILES string of the molecule is Cc1ccn(Cc2cccc(O)c2)c1C(=O)O. The molecule has 1 aromatic carbocycles. The predicted octanol–water partition coefficient (Wildman–Crippen LogP) is 2.25. The van der Waals surface area contributed by atoms with Crippen molar-refractivity contribution in [2.24, 2.45) is 0 Å². The summed E-state index contributed by atoms with van der Waals surface area (Å²) in [5, 5.41) is 18.4. The van der Waals surface area contributed by atoms with Crippen LogP contribution in [0.25, 0.3) is 0 Å².